The smallest absolute Gasteiger partial charge is 0.196 e. The molecule has 0 saturated heterocycles. The molecular weight excluding hydrogens is 268 g/mol. The fourth-order valence-electron chi connectivity index (χ4n) is 2.48. The average Bonchev–Trinajstić information content (AvgIpc) is 2.69. The zero-order valence-electron chi connectivity index (χ0n) is 11.7. The molecule has 1 aromatic carbocycles. The molecule has 4 nitrogen and oxygen atoms in total. The number of nitrogens with zero attached hydrogens (tertiary/aromatic N) is 3. The molecule has 1 atom stereocenters. The van der Waals surface area contributed by atoms with Crippen LogP contribution in [0.2, 0.25) is 0 Å². The van der Waals surface area contributed by atoms with Crippen LogP contribution in [0.15, 0.2) is 34.3 Å². The fraction of sp³-hybridized carbons (Fsp3) is 0.467. The number of nitrogens with two attached hydrogens (primary N) is 1. The SMILES string of the molecule is C[C@H](N)c1ccc(Sc2nnc3n2CCCCC3)cc1. The van der Waals surface area contributed by atoms with E-state index < -0.39 is 0 Å². The van der Waals surface area contributed by atoms with Crippen molar-refractivity contribution >= 4 is 11.8 Å². The zero-order chi connectivity index (χ0) is 13.9. The lowest BCUT2D eigenvalue weighted by molar-refractivity contribution is 0.591. The van der Waals surface area contributed by atoms with Gasteiger partial charge in [-0.15, -0.1) is 10.2 Å². The van der Waals surface area contributed by atoms with Crippen LogP contribution < -0.4 is 5.73 Å². The van der Waals surface area contributed by atoms with Gasteiger partial charge in [-0.3, -0.25) is 0 Å². The molecule has 0 spiro atoms. The number of aryl methyl sites for hydroxylation is 1. The molecule has 2 N–H and O–H groups in total. The van der Waals surface area contributed by atoms with Gasteiger partial charge in [0.05, 0.1) is 0 Å². The fourth-order valence-corrected chi connectivity index (χ4v) is 3.35. The minimum atomic E-state index is 0.0819. The van der Waals surface area contributed by atoms with Crippen molar-refractivity contribution in [2.24, 2.45) is 5.73 Å². The lowest BCUT2D eigenvalue weighted by atomic mass is 10.1. The summed E-state index contributed by atoms with van der Waals surface area (Å²) in [6.07, 6.45) is 4.79. The van der Waals surface area contributed by atoms with Gasteiger partial charge in [0.15, 0.2) is 5.16 Å². The zero-order valence-corrected chi connectivity index (χ0v) is 12.6. The van der Waals surface area contributed by atoms with E-state index in [9.17, 15) is 0 Å². The van der Waals surface area contributed by atoms with Crippen LogP contribution in [0.25, 0.3) is 0 Å². The number of aromatic nitrogens is 3. The van der Waals surface area contributed by atoms with Crippen LogP contribution in [-0.4, -0.2) is 14.8 Å². The first-order valence-corrected chi connectivity index (χ1v) is 8.01. The molecule has 106 valence electrons. The van der Waals surface area contributed by atoms with Crippen LogP contribution in [0.5, 0.6) is 0 Å². The summed E-state index contributed by atoms with van der Waals surface area (Å²) < 4.78 is 2.27. The molecule has 0 radical (unpaired) electrons. The van der Waals surface area contributed by atoms with Gasteiger partial charge < -0.3 is 10.3 Å². The molecule has 0 aliphatic carbocycles. The maximum Gasteiger partial charge on any atom is 0.196 e. The summed E-state index contributed by atoms with van der Waals surface area (Å²) in [7, 11) is 0. The topological polar surface area (TPSA) is 56.7 Å². The Morgan fingerprint density at radius 1 is 1.15 bits per heavy atom. The lowest BCUT2D eigenvalue weighted by Gasteiger charge is -2.08. The first-order valence-electron chi connectivity index (χ1n) is 7.19. The molecule has 0 bridgehead atoms. The van der Waals surface area contributed by atoms with Gasteiger partial charge >= 0.3 is 0 Å². The minimum Gasteiger partial charge on any atom is -0.324 e. The number of fused-ring (bicyclic) bond motifs is 1. The molecule has 3 rings (SSSR count). The predicted octanol–water partition coefficient (Wildman–Crippen LogP) is 3.18. The number of rotatable bonds is 3. The summed E-state index contributed by atoms with van der Waals surface area (Å²) in [5, 5.41) is 9.68. The summed E-state index contributed by atoms with van der Waals surface area (Å²) in [6, 6.07) is 8.49. The Hall–Kier alpha value is -1.33. The van der Waals surface area contributed by atoms with Crippen molar-refractivity contribution in [2.45, 2.75) is 55.2 Å². The molecule has 1 aliphatic heterocycles. The predicted molar refractivity (Wildman–Crippen MR) is 80.7 cm³/mol. The molecule has 5 heteroatoms. The standard InChI is InChI=1S/C15H20N4S/c1-11(16)12-6-8-13(9-7-12)20-15-18-17-14-5-3-2-4-10-19(14)15/h6-9,11H,2-5,10,16H2,1H3/t11-/m0/s1. The Labute approximate surface area is 123 Å². The van der Waals surface area contributed by atoms with Crippen molar-refractivity contribution in [1.29, 1.82) is 0 Å². The van der Waals surface area contributed by atoms with Crippen LogP contribution >= 0.6 is 11.8 Å². The summed E-state index contributed by atoms with van der Waals surface area (Å²) in [5.41, 5.74) is 7.04. The Kier molecular flexibility index (Phi) is 4.08. The highest BCUT2D eigenvalue weighted by Gasteiger charge is 2.15. The van der Waals surface area contributed by atoms with Crippen molar-refractivity contribution in [3.63, 3.8) is 0 Å². The second-order valence-electron chi connectivity index (χ2n) is 5.32. The molecule has 1 aliphatic rings. The molecular formula is C15H20N4S. The highest BCUT2D eigenvalue weighted by Crippen LogP contribution is 2.29. The van der Waals surface area contributed by atoms with E-state index in [0.29, 0.717) is 0 Å². The Morgan fingerprint density at radius 2 is 1.95 bits per heavy atom. The molecule has 1 aromatic heterocycles. The summed E-state index contributed by atoms with van der Waals surface area (Å²) >= 11 is 1.69. The Balaban J connectivity index is 1.79. The van der Waals surface area contributed by atoms with E-state index in [-0.39, 0.29) is 6.04 Å². The highest BCUT2D eigenvalue weighted by molar-refractivity contribution is 7.99. The van der Waals surface area contributed by atoms with Gasteiger partial charge in [-0.1, -0.05) is 18.6 Å². The number of hydrogen-bond donors (Lipinski definition) is 1. The van der Waals surface area contributed by atoms with Gasteiger partial charge in [0, 0.05) is 23.9 Å². The van der Waals surface area contributed by atoms with Crippen LogP contribution in [0.1, 0.15) is 43.6 Å². The third-order valence-electron chi connectivity index (χ3n) is 3.69. The third kappa shape index (κ3) is 2.88. The Morgan fingerprint density at radius 3 is 2.70 bits per heavy atom. The monoisotopic (exact) mass is 288 g/mol. The molecule has 2 heterocycles. The number of benzene rings is 1. The van der Waals surface area contributed by atoms with Crippen LogP contribution in [0.3, 0.4) is 0 Å². The van der Waals surface area contributed by atoms with Crippen molar-refractivity contribution in [3.05, 3.63) is 35.7 Å². The first kappa shape index (κ1) is 13.6. The van der Waals surface area contributed by atoms with E-state index in [2.05, 4.69) is 39.0 Å². The van der Waals surface area contributed by atoms with Crippen molar-refractivity contribution < 1.29 is 0 Å². The molecule has 0 fully saturated rings. The van der Waals surface area contributed by atoms with E-state index in [1.165, 1.54) is 24.2 Å². The van der Waals surface area contributed by atoms with Gasteiger partial charge in [0.2, 0.25) is 0 Å². The van der Waals surface area contributed by atoms with Gasteiger partial charge in [0.1, 0.15) is 5.82 Å². The van der Waals surface area contributed by atoms with E-state index in [1.54, 1.807) is 11.8 Å². The number of hydrogen-bond acceptors (Lipinski definition) is 4. The highest BCUT2D eigenvalue weighted by atomic mass is 32.2. The minimum absolute atomic E-state index is 0.0819. The first-order chi connectivity index (χ1) is 9.74. The van der Waals surface area contributed by atoms with E-state index in [0.717, 1.165) is 29.5 Å². The summed E-state index contributed by atoms with van der Waals surface area (Å²) in [5.74, 6) is 1.14. The van der Waals surface area contributed by atoms with Gasteiger partial charge in [-0.05, 0) is 49.2 Å². The molecule has 20 heavy (non-hydrogen) atoms. The van der Waals surface area contributed by atoms with Crippen LogP contribution in [-0.2, 0) is 13.0 Å². The maximum absolute atomic E-state index is 5.88. The second kappa shape index (κ2) is 5.97. The van der Waals surface area contributed by atoms with Crippen molar-refractivity contribution in [3.8, 4) is 0 Å². The summed E-state index contributed by atoms with van der Waals surface area (Å²) in [6.45, 7) is 3.04. The van der Waals surface area contributed by atoms with E-state index in [4.69, 9.17) is 5.73 Å². The van der Waals surface area contributed by atoms with Gasteiger partial charge in [-0.25, -0.2) is 0 Å². The third-order valence-corrected chi connectivity index (χ3v) is 4.68. The lowest BCUT2D eigenvalue weighted by Crippen LogP contribution is -2.04. The second-order valence-corrected chi connectivity index (χ2v) is 6.36. The van der Waals surface area contributed by atoms with E-state index in [1.807, 2.05) is 6.92 Å². The molecule has 2 aromatic rings. The quantitative estimate of drug-likeness (QED) is 0.942. The van der Waals surface area contributed by atoms with Crippen LogP contribution in [0, 0.1) is 0 Å². The van der Waals surface area contributed by atoms with E-state index >= 15 is 0 Å². The van der Waals surface area contributed by atoms with Crippen molar-refractivity contribution in [2.75, 3.05) is 0 Å². The maximum atomic E-state index is 5.88. The molecule has 0 unspecified atom stereocenters. The largest absolute Gasteiger partial charge is 0.324 e. The molecule has 0 amide bonds. The summed E-state index contributed by atoms with van der Waals surface area (Å²) in [4.78, 5) is 1.19. The molecule has 0 saturated carbocycles. The normalized spacial score (nSPS) is 16.5. The van der Waals surface area contributed by atoms with Crippen LogP contribution in [0.4, 0.5) is 0 Å². The van der Waals surface area contributed by atoms with Crippen molar-refractivity contribution in [1.82, 2.24) is 14.8 Å². The average molecular weight is 288 g/mol. The van der Waals surface area contributed by atoms with Gasteiger partial charge in [-0.2, -0.15) is 0 Å². The van der Waals surface area contributed by atoms with Gasteiger partial charge in [0.25, 0.3) is 0 Å². The Bertz CT molecular complexity index is 574.